The summed E-state index contributed by atoms with van der Waals surface area (Å²) < 4.78 is 0. The van der Waals surface area contributed by atoms with Gasteiger partial charge in [-0.15, -0.1) is 11.3 Å². The number of hydrogen-bond acceptors (Lipinski definition) is 3. The van der Waals surface area contributed by atoms with Crippen LogP contribution in [0.2, 0.25) is 0 Å². The predicted octanol–water partition coefficient (Wildman–Crippen LogP) is 2.31. The van der Waals surface area contributed by atoms with Crippen LogP contribution in [0.5, 0.6) is 0 Å². The van der Waals surface area contributed by atoms with E-state index in [1.807, 2.05) is 11.3 Å². The number of rotatable bonds is 4. The molecule has 1 aromatic heterocycles. The van der Waals surface area contributed by atoms with Crippen molar-refractivity contribution < 1.29 is 0 Å². The van der Waals surface area contributed by atoms with E-state index < -0.39 is 0 Å². The van der Waals surface area contributed by atoms with E-state index in [4.69, 9.17) is 5.73 Å². The minimum atomic E-state index is 0.463. The molecule has 3 heteroatoms. The summed E-state index contributed by atoms with van der Waals surface area (Å²) in [5, 5.41) is 2.15. The predicted molar refractivity (Wildman–Crippen MR) is 66.0 cm³/mol. The maximum atomic E-state index is 5.92. The van der Waals surface area contributed by atoms with E-state index in [2.05, 4.69) is 29.5 Å². The third-order valence-corrected chi connectivity index (χ3v) is 4.02. The molecule has 1 fully saturated rings. The number of hydrogen-bond donors (Lipinski definition) is 1. The lowest BCUT2D eigenvalue weighted by Gasteiger charge is -2.20. The Morgan fingerprint density at radius 1 is 1.53 bits per heavy atom. The van der Waals surface area contributed by atoms with E-state index in [0.29, 0.717) is 6.04 Å². The van der Waals surface area contributed by atoms with Crippen molar-refractivity contribution in [1.29, 1.82) is 0 Å². The standard InChI is InChI=1S/C12H20N2S/c1-14(9-12-3-2-6-15-12)8-10-4-5-11(13)7-10/h2-3,6,10-11H,4-5,7-9,13H2,1H3. The normalized spacial score (nSPS) is 26.3. The van der Waals surface area contributed by atoms with Gasteiger partial charge >= 0.3 is 0 Å². The Kier molecular flexibility index (Phi) is 3.78. The molecule has 1 aliphatic carbocycles. The zero-order valence-electron chi connectivity index (χ0n) is 9.36. The molecule has 1 aliphatic rings. The fourth-order valence-corrected chi connectivity index (χ4v) is 3.24. The van der Waals surface area contributed by atoms with Crippen LogP contribution in [0.3, 0.4) is 0 Å². The van der Waals surface area contributed by atoms with Gasteiger partial charge in [0.2, 0.25) is 0 Å². The summed E-state index contributed by atoms with van der Waals surface area (Å²) in [6.07, 6.45) is 3.75. The average Bonchev–Trinajstić information content (AvgIpc) is 2.77. The first-order chi connectivity index (χ1) is 7.24. The zero-order valence-corrected chi connectivity index (χ0v) is 10.2. The Labute approximate surface area is 96.1 Å². The van der Waals surface area contributed by atoms with Crippen molar-refractivity contribution in [2.75, 3.05) is 13.6 Å². The van der Waals surface area contributed by atoms with Gasteiger partial charge < -0.3 is 10.6 Å². The van der Waals surface area contributed by atoms with E-state index in [9.17, 15) is 0 Å². The molecule has 15 heavy (non-hydrogen) atoms. The van der Waals surface area contributed by atoms with Crippen LogP contribution in [-0.4, -0.2) is 24.5 Å². The molecule has 84 valence electrons. The summed E-state index contributed by atoms with van der Waals surface area (Å²) in [5.41, 5.74) is 5.92. The van der Waals surface area contributed by atoms with E-state index in [1.54, 1.807) is 0 Å². The molecule has 0 spiro atoms. The molecule has 0 aliphatic heterocycles. The summed E-state index contributed by atoms with van der Waals surface area (Å²) in [6.45, 7) is 2.29. The van der Waals surface area contributed by atoms with Crippen molar-refractivity contribution in [3.63, 3.8) is 0 Å². The maximum Gasteiger partial charge on any atom is 0.0324 e. The Morgan fingerprint density at radius 3 is 3.00 bits per heavy atom. The van der Waals surface area contributed by atoms with Gasteiger partial charge in [-0.3, -0.25) is 0 Å². The van der Waals surface area contributed by atoms with Crippen LogP contribution in [0.4, 0.5) is 0 Å². The first kappa shape index (κ1) is 11.1. The molecule has 2 unspecified atom stereocenters. The third-order valence-electron chi connectivity index (χ3n) is 3.16. The molecule has 2 atom stereocenters. The maximum absolute atomic E-state index is 5.92. The van der Waals surface area contributed by atoms with Gasteiger partial charge in [0.15, 0.2) is 0 Å². The van der Waals surface area contributed by atoms with Crippen molar-refractivity contribution in [3.8, 4) is 0 Å². The van der Waals surface area contributed by atoms with E-state index in [0.717, 1.165) is 12.5 Å². The molecule has 2 nitrogen and oxygen atoms in total. The van der Waals surface area contributed by atoms with Gasteiger partial charge in [-0.2, -0.15) is 0 Å². The zero-order chi connectivity index (χ0) is 10.7. The van der Waals surface area contributed by atoms with Crippen LogP contribution in [0.1, 0.15) is 24.1 Å². The molecule has 0 amide bonds. The first-order valence-corrected chi connectivity index (χ1v) is 6.58. The Morgan fingerprint density at radius 2 is 2.40 bits per heavy atom. The van der Waals surface area contributed by atoms with Crippen LogP contribution in [0, 0.1) is 5.92 Å². The van der Waals surface area contributed by atoms with Crippen molar-refractivity contribution in [2.24, 2.45) is 11.7 Å². The van der Waals surface area contributed by atoms with E-state index >= 15 is 0 Å². The molecule has 0 aromatic carbocycles. The van der Waals surface area contributed by atoms with Gasteiger partial charge in [0.25, 0.3) is 0 Å². The Hall–Kier alpha value is -0.380. The second-order valence-electron chi connectivity index (χ2n) is 4.72. The molecular formula is C12H20N2S. The van der Waals surface area contributed by atoms with Crippen molar-refractivity contribution >= 4 is 11.3 Å². The topological polar surface area (TPSA) is 29.3 Å². The van der Waals surface area contributed by atoms with E-state index in [1.165, 1.54) is 30.7 Å². The second kappa shape index (κ2) is 5.10. The molecule has 1 saturated carbocycles. The molecule has 0 saturated heterocycles. The van der Waals surface area contributed by atoms with Gasteiger partial charge in [0.05, 0.1) is 0 Å². The van der Waals surface area contributed by atoms with Gasteiger partial charge in [0, 0.05) is 24.0 Å². The lowest BCUT2D eigenvalue weighted by atomic mass is 10.1. The van der Waals surface area contributed by atoms with Crippen LogP contribution in [-0.2, 0) is 6.54 Å². The average molecular weight is 224 g/mol. The fourth-order valence-electron chi connectivity index (χ4n) is 2.45. The highest BCUT2D eigenvalue weighted by molar-refractivity contribution is 7.09. The summed E-state index contributed by atoms with van der Waals surface area (Å²) >= 11 is 1.84. The summed E-state index contributed by atoms with van der Waals surface area (Å²) in [6, 6.07) is 4.80. The SMILES string of the molecule is CN(Cc1cccs1)CC1CCC(N)C1. The van der Waals surface area contributed by atoms with Gasteiger partial charge in [-0.05, 0) is 43.7 Å². The quantitative estimate of drug-likeness (QED) is 0.850. The molecule has 2 N–H and O–H groups in total. The van der Waals surface area contributed by atoms with Gasteiger partial charge in [-0.1, -0.05) is 6.07 Å². The van der Waals surface area contributed by atoms with Gasteiger partial charge in [0.1, 0.15) is 0 Å². The number of nitrogens with two attached hydrogens (primary N) is 1. The smallest absolute Gasteiger partial charge is 0.0324 e. The Bertz CT molecular complexity index is 284. The Balaban J connectivity index is 1.75. The highest BCUT2D eigenvalue weighted by Gasteiger charge is 2.22. The molecule has 1 heterocycles. The molecule has 0 radical (unpaired) electrons. The summed E-state index contributed by atoms with van der Waals surface area (Å²) in [5.74, 6) is 0.824. The monoisotopic (exact) mass is 224 g/mol. The van der Waals surface area contributed by atoms with Crippen molar-refractivity contribution in [3.05, 3.63) is 22.4 Å². The highest BCUT2D eigenvalue weighted by atomic mass is 32.1. The van der Waals surface area contributed by atoms with Crippen LogP contribution in [0.15, 0.2) is 17.5 Å². The third kappa shape index (κ3) is 3.30. The summed E-state index contributed by atoms with van der Waals surface area (Å²) in [7, 11) is 2.21. The second-order valence-corrected chi connectivity index (χ2v) is 5.75. The lowest BCUT2D eigenvalue weighted by molar-refractivity contribution is 0.272. The molecule has 1 aromatic rings. The largest absolute Gasteiger partial charge is 0.328 e. The lowest BCUT2D eigenvalue weighted by Crippen LogP contribution is -2.25. The first-order valence-electron chi connectivity index (χ1n) is 5.70. The highest BCUT2D eigenvalue weighted by Crippen LogP contribution is 2.25. The molecular weight excluding hydrogens is 204 g/mol. The van der Waals surface area contributed by atoms with Crippen molar-refractivity contribution in [2.45, 2.75) is 31.8 Å². The fraction of sp³-hybridized carbons (Fsp3) is 0.667. The van der Waals surface area contributed by atoms with Gasteiger partial charge in [-0.25, -0.2) is 0 Å². The summed E-state index contributed by atoms with van der Waals surface area (Å²) in [4.78, 5) is 3.88. The van der Waals surface area contributed by atoms with E-state index in [-0.39, 0.29) is 0 Å². The van der Waals surface area contributed by atoms with Crippen LogP contribution in [0.25, 0.3) is 0 Å². The minimum absolute atomic E-state index is 0.463. The van der Waals surface area contributed by atoms with Crippen molar-refractivity contribution in [1.82, 2.24) is 4.90 Å². The molecule has 2 rings (SSSR count). The number of nitrogens with zero attached hydrogens (tertiary/aromatic N) is 1. The minimum Gasteiger partial charge on any atom is -0.328 e. The number of thiophene rings is 1. The van der Waals surface area contributed by atoms with Crippen LogP contribution < -0.4 is 5.73 Å². The molecule has 0 bridgehead atoms. The van der Waals surface area contributed by atoms with Crippen LogP contribution >= 0.6 is 11.3 Å².